The largest absolute Gasteiger partial charge is 0.494 e. The predicted octanol–water partition coefficient (Wildman–Crippen LogP) is 1.73. The minimum absolute atomic E-state index is 0.0790. The van der Waals surface area contributed by atoms with Gasteiger partial charge in [-0.25, -0.2) is 9.18 Å². The van der Waals surface area contributed by atoms with Gasteiger partial charge in [-0.3, -0.25) is 19.7 Å². The molecule has 1 saturated heterocycles. The molecule has 2 atom stereocenters. The maximum atomic E-state index is 13.3. The van der Waals surface area contributed by atoms with Crippen molar-refractivity contribution in [2.45, 2.75) is 25.8 Å². The highest BCUT2D eigenvalue weighted by Crippen LogP contribution is 2.33. The Bertz CT molecular complexity index is 828. The van der Waals surface area contributed by atoms with E-state index in [2.05, 4.69) is 21.8 Å². The minimum Gasteiger partial charge on any atom is -0.494 e. The van der Waals surface area contributed by atoms with Crippen molar-refractivity contribution in [1.29, 1.82) is 0 Å². The zero-order valence-corrected chi connectivity index (χ0v) is 13.4. The standard InChI is InChI=1S/C17H20FN3O3/c1-10-3-2-8-21(9-10)14(11-4-6-12(18)7-5-11)13-15(22)19-17(24)20-16(13)23/h4-7,10,14H,2-3,8-9H2,1H3,(H3,19,20,22,23,24)/t10-,14-/m1/s1. The number of benzene rings is 1. The molecule has 3 rings (SSSR count). The number of aromatic nitrogens is 2. The highest BCUT2D eigenvalue weighted by atomic mass is 19.1. The average Bonchev–Trinajstić information content (AvgIpc) is 2.52. The molecular formula is C17H20FN3O3. The van der Waals surface area contributed by atoms with Crippen molar-refractivity contribution >= 4 is 0 Å². The third kappa shape index (κ3) is 3.26. The summed E-state index contributed by atoms with van der Waals surface area (Å²) >= 11 is 0. The number of halogens is 1. The second kappa shape index (κ2) is 6.60. The highest BCUT2D eigenvalue weighted by Gasteiger charge is 2.31. The van der Waals surface area contributed by atoms with Gasteiger partial charge in [0.25, 0.3) is 5.56 Å². The van der Waals surface area contributed by atoms with Crippen molar-refractivity contribution in [2.24, 2.45) is 5.92 Å². The average molecular weight is 333 g/mol. The van der Waals surface area contributed by atoms with Gasteiger partial charge in [0, 0.05) is 6.54 Å². The number of aromatic amines is 2. The molecule has 0 spiro atoms. The predicted molar refractivity (Wildman–Crippen MR) is 87.6 cm³/mol. The maximum absolute atomic E-state index is 13.3. The molecule has 2 aromatic rings. The van der Waals surface area contributed by atoms with Crippen LogP contribution in [0.4, 0.5) is 4.39 Å². The molecule has 7 heteroatoms. The van der Waals surface area contributed by atoms with E-state index in [4.69, 9.17) is 0 Å². The molecular weight excluding hydrogens is 313 g/mol. The first-order chi connectivity index (χ1) is 11.5. The molecule has 1 aromatic carbocycles. The van der Waals surface area contributed by atoms with Crippen molar-refractivity contribution in [2.75, 3.05) is 13.1 Å². The first kappa shape index (κ1) is 16.4. The van der Waals surface area contributed by atoms with Gasteiger partial charge in [-0.15, -0.1) is 0 Å². The van der Waals surface area contributed by atoms with Gasteiger partial charge in [-0.1, -0.05) is 19.1 Å². The molecule has 128 valence electrons. The maximum Gasteiger partial charge on any atom is 0.328 e. The van der Waals surface area contributed by atoms with Crippen molar-refractivity contribution < 1.29 is 9.50 Å². The van der Waals surface area contributed by atoms with Gasteiger partial charge in [0.2, 0.25) is 5.88 Å². The van der Waals surface area contributed by atoms with E-state index in [0.717, 1.165) is 25.9 Å². The molecule has 6 nitrogen and oxygen atoms in total. The zero-order valence-electron chi connectivity index (χ0n) is 13.4. The summed E-state index contributed by atoms with van der Waals surface area (Å²) in [6.07, 6.45) is 2.07. The fourth-order valence-corrected chi connectivity index (χ4v) is 3.40. The number of aromatic hydroxyl groups is 1. The quantitative estimate of drug-likeness (QED) is 0.798. The highest BCUT2D eigenvalue weighted by molar-refractivity contribution is 5.35. The summed E-state index contributed by atoms with van der Waals surface area (Å²) in [4.78, 5) is 30.2. The first-order valence-corrected chi connectivity index (χ1v) is 8.00. The monoisotopic (exact) mass is 333 g/mol. The third-order valence-corrected chi connectivity index (χ3v) is 4.47. The normalized spacial score (nSPS) is 20.0. The van der Waals surface area contributed by atoms with Gasteiger partial charge in [0.1, 0.15) is 5.82 Å². The van der Waals surface area contributed by atoms with Crippen LogP contribution < -0.4 is 11.2 Å². The summed E-state index contributed by atoms with van der Waals surface area (Å²) < 4.78 is 13.3. The summed E-state index contributed by atoms with van der Waals surface area (Å²) in [5.41, 5.74) is -0.622. The Balaban J connectivity index is 2.13. The lowest BCUT2D eigenvalue weighted by Crippen LogP contribution is -2.41. The lowest BCUT2D eigenvalue weighted by atomic mass is 9.93. The number of hydrogen-bond acceptors (Lipinski definition) is 4. The van der Waals surface area contributed by atoms with E-state index < -0.39 is 23.2 Å². The van der Waals surface area contributed by atoms with Crippen LogP contribution in [0.1, 0.15) is 36.9 Å². The SMILES string of the molecule is C[C@@H]1CCCN([C@H](c2ccc(F)cc2)c2c(O)[nH]c(=O)[nH]c2=O)C1. The lowest BCUT2D eigenvalue weighted by Gasteiger charge is -2.37. The number of nitrogens with one attached hydrogen (secondary N) is 2. The molecule has 0 amide bonds. The molecule has 1 aromatic heterocycles. The van der Waals surface area contributed by atoms with E-state index in [1.807, 2.05) is 0 Å². The lowest BCUT2D eigenvalue weighted by molar-refractivity contribution is 0.146. The topological polar surface area (TPSA) is 89.2 Å². The molecule has 0 radical (unpaired) electrons. The Hall–Kier alpha value is -2.41. The molecule has 0 bridgehead atoms. The van der Waals surface area contributed by atoms with Crippen molar-refractivity contribution in [3.05, 3.63) is 62.0 Å². The van der Waals surface area contributed by atoms with E-state index in [9.17, 15) is 19.1 Å². The Kier molecular flexibility index (Phi) is 4.53. The van der Waals surface area contributed by atoms with Crippen LogP contribution >= 0.6 is 0 Å². The van der Waals surface area contributed by atoms with E-state index in [1.54, 1.807) is 12.1 Å². The van der Waals surface area contributed by atoms with Crippen LogP contribution in [-0.4, -0.2) is 33.1 Å². The number of piperidine rings is 1. The second-order valence-corrected chi connectivity index (χ2v) is 6.37. The molecule has 1 aliphatic rings. The fraction of sp³-hybridized carbons (Fsp3) is 0.412. The number of H-pyrrole nitrogens is 2. The van der Waals surface area contributed by atoms with E-state index in [0.29, 0.717) is 11.5 Å². The summed E-state index contributed by atoms with van der Waals surface area (Å²) in [6.45, 7) is 3.63. The molecule has 2 heterocycles. The van der Waals surface area contributed by atoms with Crippen LogP contribution in [0.3, 0.4) is 0 Å². The van der Waals surface area contributed by atoms with E-state index in [1.165, 1.54) is 12.1 Å². The van der Waals surface area contributed by atoms with Crippen molar-refractivity contribution in [3.8, 4) is 5.88 Å². The summed E-state index contributed by atoms with van der Waals surface area (Å²) in [5, 5.41) is 10.2. The van der Waals surface area contributed by atoms with Gasteiger partial charge in [-0.05, 0) is 43.0 Å². The number of hydrogen-bond donors (Lipinski definition) is 3. The van der Waals surface area contributed by atoms with Crippen LogP contribution in [0, 0.1) is 11.7 Å². The summed E-state index contributed by atoms with van der Waals surface area (Å²) in [7, 11) is 0. The second-order valence-electron chi connectivity index (χ2n) is 6.37. The Labute approximate surface area is 138 Å². The third-order valence-electron chi connectivity index (χ3n) is 4.47. The van der Waals surface area contributed by atoms with Gasteiger partial charge >= 0.3 is 5.69 Å². The first-order valence-electron chi connectivity index (χ1n) is 8.00. The number of rotatable bonds is 3. The zero-order chi connectivity index (χ0) is 17.3. The van der Waals surface area contributed by atoms with Crippen molar-refractivity contribution in [3.63, 3.8) is 0 Å². The molecule has 24 heavy (non-hydrogen) atoms. The summed E-state index contributed by atoms with van der Waals surface area (Å²) in [6, 6.07) is 5.31. The number of likely N-dealkylation sites (tertiary alicyclic amines) is 1. The van der Waals surface area contributed by atoms with Crippen LogP contribution in [0.25, 0.3) is 0 Å². The van der Waals surface area contributed by atoms with Gasteiger partial charge in [0.15, 0.2) is 0 Å². The molecule has 1 fully saturated rings. The Morgan fingerprint density at radius 3 is 2.58 bits per heavy atom. The molecule has 3 N–H and O–H groups in total. The number of nitrogens with zero attached hydrogens (tertiary/aromatic N) is 1. The van der Waals surface area contributed by atoms with E-state index in [-0.39, 0.29) is 11.4 Å². The van der Waals surface area contributed by atoms with Crippen LogP contribution in [0.2, 0.25) is 0 Å². The molecule has 0 aliphatic carbocycles. The van der Waals surface area contributed by atoms with Crippen LogP contribution in [0.15, 0.2) is 33.9 Å². The Morgan fingerprint density at radius 2 is 1.96 bits per heavy atom. The van der Waals surface area contributed by atoms with Gasteiger partial charge in [-0.2, -0.15) is 0 Å². The summed E-state index contributed by atoms with van der Waals surface area (Å²) in [5.74, 6) is -0.369. The molecule has 1 aliphatic heterocycles. The minimum atomic E-state index is -0.758. The van der Waals surface area contributed by atoms with Gasteiger partial charge in [0.05, 0.1) is 11.6 Å². The fourth-order valence-electron chi connectivity index (χ4n) is 3.40. The van der Waals surface area contributed by atoms with Crippen LogP contribution in [-0.2, 0) is 0 Å². The molecule has 0 saturated carbocycles. The smallest absolute Gasteiger partial charge is 0.328 e. The molecule has 0 unspecified atom stereocenters. The van der Waals surface area contributed by atoms with E-state index >= 15 is 0 Å². The van der Waals surface area contributed by atoms with Crippen molar-refractivity contribution in [1.82, 2.24) is 14.9 Å². The van der Waals surface area contributed by atoms with Gasteiger partial charge < -0.3 is 5.11 Å². The Morgan fingerprint density at radius 1 is 1.25 bits per heavy atom. The van der Waals surface area contributed by atoms with Crippen LogP contribution in [0.5, 0.6) is 5.88 Å².